The summed E-state index contributed by atoms with van der Waals surface area (Å²) in [6.45, 7) is 0. The first-order valence-electron chi connectivity index (χ1n) is 5.76. The fourth-order valence-corrected chi connectivity index (χ4v) is 2.05. The zero-order valence-corrected chi connectivity index (χ0v) is 9.96. The molecule has 0 spiro atoms. The highest BCUT2D eigenvalue weighted by Crippen LogP contribution is 2.27. The predicted molar refractivity (Wildman–Crippen MR) is 74.8 cm³/mol. The lowest BCUT2D eigenvalue weighted by Gasteiger charge is -1.97. The van der Waals surface area contributed by atoms with Crippen LogP contribution in [0.2, 0.25) is 0 Å². The van der Waals surface area contributed by atoms with E-state index in [1.807, 2.05) is 30.3 Å². The number of nitrogens with one attached hydrogen (secondary N) is 1. The summed E-state index contributed by atoms with van der Waals surface area (Å²) in [5.41, 5.74) is 9.09. The second-order valence-corrected chi connectivity index (χ2v) is 4.33. The van der Waals surface area contributed by atoms with Crippen LogP contribution in [0.5, 0.6) is 0 Å². The molecule has 0 bridgehead atoms. The Morgan fingerprint density at radius 2 is 1.79 bits per heavy atom. The van der Waals surface area contributed by atoms with Gasteiger partial charge in [0.25, 0.3) is 5.69 Å². The number of anilines is 1. The Bertz CT molecular complexity index is 760. The number of nitrogens with zero attached hydrogens (tertiary/aromatic N) is 1. The van der Waals surface area contributed by atoms with Crippen LogP contribution >= 0.6 is 0 Å². The van der Waals surface area contributed by atoms with Gasteiger partial charge in [0, 0.05) is 28.9 Å². The van der Waals surface area contributed by atoms with E-state index in [2.05, 4.69) is 4.98 Å². The maximum atomic E-state index is 10.7. The van der Waals surface area contributed by atoms with Crippen LogP contribution in [0.4, 0.5) is 11.4 Å². The van der Waals surface area contributed by atoms with Crippen LogP contribution in [0.1, 0.15) is 0 Å². The molecule has 2 aromatic carbocycles. The highest BCUT2D eigenvalue weighted by atomic mass is 16.6. The van der Waals surface area contributed by atoms with Gasteiger partial charge in [0.15, 0.2) is 0 Å². The summed E-state index contributed by atoms with van der Waals surface area (Å²) in [5, 5.41) is 11.7. The Kier molecular flexibility index (Phi) is 2.45. The van der Waals surface area contributed by atoms with Gasteiger partial charge < -0.3 is 10.7 Å². The van der Waals surface area contributed by atoms with Crippen LogP contribution < -0.4 is 5.73 Å². The van der Waals surface area contributed by atoms with Crippen LogP contribution in [0, 0.1) is 10.1 Å². The fourth-order valence-electron chi connectivity index (χ4n) is 2.05. The Labute approximate surface area is 108 Å². The third-order valence-electron chi connectivity index (χ3n) is 3.04. The van der Waals surface area contributed by atoms with Gasteiger partial charge in [-0.15, -0.1) is 0 Å². The smallest absolute Gasteiger partial charge is 0.271 e. The Balaban J connectivity index is 2.11. The maximum Gasteiger partial charge on any atom is 0.271 e. The van der Waals surface area contributed by atoms with E-state index in [0.29, 0.717) is 5.69 Å². The van der Waals surface area contributed by atoms with Crippen molar-refractivity contribution in [3.05, 3.63) is 58.6 Å². The van der Waals surface area contributed by atoms with Crippen molar-refractivity contribution < 1.29 is 4.92 Å². The molecule has 3 rings (SSSR count). The monoisotopic (exact) mass is 253 g/mol. The summed E-state index contributed by atoms with van der Waals surface area (Å²) in [6, 6.07) is 14.2. The molecule has 5 nitrogen and oxygen atoms in total. The lowest BCUT2D eigenvalue weighted by molar-refractivity contribution is -0.384. The van der Waals surface area contributed by atoms with Gasteiger partial charge in [0.2, 0.25) is 0 Å². The van der Waals surface area contributed by atoms with Crippen LogP contribution in [0.15, 0.2) is 48.5 Å². The average Bonchev–Trinajstić information content (AvgIpc) is 2.82. The molecule has 3 N–H and O–H groups in total. The van der Waals surface area contributed by atoms with E-state index < -0.39 is 4.92 Å². The van der Waals surface area contributed by atoms with E-state index >= 15 is 0 Å². The number of benzene rings is 2. The van der Waals surface area contributed by atoms with Crippen LogP contribution in [0.25, 0.3) is 22.2 Å². The van der Waals surface area contributed by atoms with E-state index in [1.54, 1.807) is 6.07 Å². The van der Waals surface area contributed by atoms with Crippen molar-refractivity contribution in [1.82, 2.24) is 4.98 Å². The summed E-state index contributed by atoms with van der Waals surface area (Å²) in [6.07, 6.45) is 0. The molecule has 0 aliphatic carbocycles. The lowest BCUT2D eigenvalue weighted by Crippen LogP contribution is -1.86. The third kappa shape index (κ3) is 2.01. The predicted octanol–water partition coefficient (Wildman–Crippen LogP) is 3.33. The molecule has 94 valence electrons. The quantitative estimate of drug-likeness (QED) is 0.417. The van der Waals surface area contributed by atoms with E-state index in [4.69, 9.17) is 5.73 Å². The van der Waals surface area contributed by atoms with Crippen LogP contribution in [0.3, 0.4) is 0 Å². The molecule has 0 aliphatic rings. The number of nitro benzene ring substituents is 1. The molecular formula is C14H11N3O2. The third-order valence-corrected chi connectivity index (χ3v) is 3.04. The molecule has 0 radical (unpaired) electrons. The van der Waals surface area contributed by atoms with Gasteiger partial charge >= 0.3 is 0 Å². The summed E-state index contributed by atoms with van der Waals surface area (Å²) >= 11 is 0. The largest absolute Gasteiger partial charge is 0.399 e. The molecular weight excluding hydrogens is 242 g/mol. The standard InChI is InChI=1S/C14H11N3O2/c15-11-4-1-9(2-5-11)13-7-10-3-6-12(17(18)19)8-14(10)16-13/h1-8,16H,15H2. The fraction of sp³-hybridized carbons (Fsp3) is 0. The Morgan fingerprint density at radius 1 is 1.05 bits per heavy atom. The molecule has 0 aliphatic heterocycles. The number of aromatic amines is 1. The topological polar surface area (TPSA) is 84.9 Å². The van der Waals surface area contributed by atoms with E-state index in [1.165, 1.54) is 12.1 Å². The Hall–Kier alpha value is -2.82. The number of rotatable bonds is 2. The highest BCUT2D eigenvalue weighted by molar-refractivity contribution is 5.87. The molecule has 0 unspecified atom stereocenters. The molecule has 1 aromatic heterocycles. The SMILES string of the molecule is Nc1ccc(-c2cc3ccc([N+](=O)[O-])cc3[nH]2)cc1. The molecule has 0 saturated heterocycles. The van der Waals surface area contributed by atoms with Crippen molar-refractivity contribution in [2.24, 2.45) is 0 Å². The van der Waals surface area contributed by atoms with Crippen molar-refractivity contribution in [1.29, 1.82) is 0 Å². The molecule has 0 amide bonds. The molecule has 3 aromatic rings. The first kappa shape index (κ1) is 11.3. The number of H-pyrrole nitrogens is 1. The van der Waals surface area contributed by atoms with Crippen LogP contribution in [-0.2, 0) is 0 Å². The van der Waals surface area contributed by atoms with Crippen molar-refractivity contribution in [2.45, 2.75) is 0 Å². The number of hydrogen-bond acceptors (Lipinski definition) is 3. The summed E-state index contributed by atoms with van der Waals surface area (Å²) < 4.78 is 0. The number of fused-ring (bicyclic) bond motifs is 1. The molecule has 5 heteroatoms. The molecule has 0 saturated carbocycles. The summed E-state index contributed by atoms with van der Waals surface area (Å²) in [5.74, 6) is 0. The number of nitro groups is 1. The number of nitrogens with two attached hydrogens (primary N) is 1. The molecule has 0 atom stereocenters. The van der Waals surface area contributed by atoms with Gasteiger partial charge in [-0.25, -0.2) is 0 Å². The first-order chi connectivity index (χ1) is 9.13. The van der Waals surface area contributed by atoms with Crippen molar-refractivity contribution in [3.8, 4) is 11.3 Å². The van der Waals surface area contributed by atoms with Crippen molar-refractivity contribution in [2.75, 3.05) is 5.73 Å². The van der Waals surface area contributed by atoms with Crippen molar-refractivity contribution in [3.63, 3.8) is 0 Å². The normalized spacial score (nSPS) is 10.7. The van der Waals surface area contributed by atoms with E-state index in [9.17, 15) is 10.1 Å². The second-order valence-electron chi connectivity index (χ2n) is 4.33. The van der Waals surface area contributed by atoms with Gasteiger partial charge in [-0.2, -0.15) is 0 Å². The highest BCUT2D eigenvalue weighted by Gasteiger charge is 2.09. The zero-order valence-electron chi connectivity index (χ0n) is 9.96. The van der Waals surface area contributed by atoms with Gasteiger partial charge in [0.1, 0.15) is 0 Å². The molecule has 0 fully saturated rings. The number of hydrogen-bond donors (Lipinski definition) is 2. The number of nitrogen functional groups attached to an aromatic ring is 1. The van der Waals surface area contributed by atoms with Crippen molar-refractivity contribution >= 4 is 22.3 Å². The maximum absolute atomic E-state index is 10.7. The molecule has 19 heavy (non-hydrogen) atoms. The first-order valence-corrected chi connectivity index (χ1v) is 5.76. The summed E-state index contributed by atoms with van der Waals surface area (Å²) in [7, 11) is 0. The van der Waals surface area contributed by atoms with E-state index in [-0.39, 0.29) is 5.69 Å². The van der Waals surface area contributed by atoms with Gasteiger partial charge in [0.05, 0.1) is 10.4 Å². The minimum atomic E-state index is -0.400. The second kappa shape index (κ2) is 4.13. The van der Waals surface area contributed by atoms with E-state index in [0.717, 1.165) is 22.2 Å². The average molecular weight is 253 g/mol. The summed E-state index contributed by atoms with van der Waals surface area (Å²) in [4.78, 5) is 13.5. The lowest BCUT2D eigenvalue weighted by atomic mass is 10.1. The minimum Gasteiger partial charge on any atom is -0.399 e. The minimum absolute atomic E-state index is 0.0817. The van der Waals surface area contributed by atoms with Gasteiger partial charge in [-0.1, -0.05) is 12.1 Å². The number of aromatic nitrogens is 1. The van der Waals surface area contributed by atoms with Gasteiger partial charge in [-0.05, 0) is 29.8 Å². The molecule has 1 heterocycles. The zero-order chi connectivity index (χ0) is 13.4. The number of non-ortho nitro benzene ring substituents is 1. The van der Waals surface area contributed by atoms with Gasteiger partial charge in [-0.3, -0.25) is 10.1 Å². The van der Waals surface area contributed by atoms with Crippen LogP contribution in [-0.4, -0.2) is 9.91 Å². The Morgan fingerprint density at radius 3 is 2.47 bits per heavy atom.